The van der Waals surface area contributed by atoms with Crippen LogP contribution in [-0.2, 0) is 5.75 Å². The van der Waals surface area contributed by atoms with E-state index in [9.17, 15) is 0 Å². The first-order valence-corrected chi connectivity index (χ1v) is 9.23. The van der Waals surface area contributed by atoms with Crippen LogP contribution >= 0.6 is 23.4 Å². The van der Waals surface area contributed by atoms with E-state index in [1.165, 1.54) is 11.8 Å². The lowest BCUT2D eigenvalue weighted by atomic mass is 10.2. The summed E-state index contributed by atoms with van der Waals surface area (Å²) in [6.45, 7) is 0. The van der Waals surface area contributed by atoms with Gasteiger partial charge in [-0.25, -0.2) is 0 Å². The lowest BCUT2D eigenvalue weighted by Gasteiger charge is -2.03. The van der Waals surface area contributed by atoms with Crippen LogP contribution in [0, 0.1) is 0 Å². The summed E-state index contributed by atoms with van der Waals surface area (Å²) in [7, 11) is 1.62. The molecule has 2 aromatic carbocycles. The first kappa shape index (κ1) is 17.5. The van der Waals surface area contributed by atoms with Gasteiger partial charge in [0, 0.05) is 10.6 Å². The second-order valence-corrected chi connectivity index (χ2v) is 6.75. The fourth-order valence-electron chi connectivity index (χ4n) is 2.30. The molecular formula is C17H13ClN6O2S. The number of nitrogens with zero attached hydrogens (tertiary/aromatic N) is 6. The zero-order valence-corrected chi connectivity index (χ0v) is 15.7. The molecule has 8 nitrogen and oxygen atoms in total. The van der Waals surface area contributed by atoms with E-state index in [4.69, 9.17) is 20.8 Å². The lowest BCUT2D eigenvalue weighted by Crippen LogP contribution is -1.98. The molecule has 0 saturated heterocycles. The minimum atomic E-state index is 0.442. The molecule has 4 aromatic rings. The van der Waals surface area contributed by atoms with Crippen molar-refractivity contribution < 1.29 is 9.15 Å². The largest absolute Gasteiger partial charge is 0.497 e. The van der Waals surface area contributed by atoms with Crippen molar-refractivity contribution in [2.24, 2.45) is 0 Å². The van der Waals surface area contributed by atoms with Gasteiger partial charge in [-0.05, 0) is 59.0 Å². The van der Waals surface area contributed by atoms with Crippen molar-refractivity contribution in [3.8, 4) is 22.9 Å². The molecular weight excluding hydrogens is 388 g/mol. The molecule has 136 valence electrons. The second-order valence-electron chi connectivity index (χ2n) is 5.37. The predicted octanol–water partition coefficient (Wildman–Crippen LogP) is 3.67. The number of ether oxygens (including phenoxy) is 1. The van der Waals surface area contributed by atoms with Gasteiger partial charge in [-0.3, -0.25) is 0 Å². The summed E-state index contributed by atoms with van der Waals surface area (Å²) >= 11 is 7.32. The summed E-state index contributed by atoms with van der Waals surface area (Å²) in [5.74, 6) is 2.14. The van der Waals surface area contributed by atoms with Gasteiger partial charge in [-0.2, -0.15) is 4.68 Å². The summed E-state index contributed by atoms with van der Waals surface area (Å²) in [6.07, 6.45) is 0. The van der Waals surface area contributed by atoms with Gasteiger partial charge in [0.05, 0.1) is 18.6 Å². The van der Waals surface area contributed by atoms with Gasteiger partial charge in [0.1, 0.15) is 5.75 Å². The van der Waals surface area contributed by atoms with E-state index in [-0.39, 0.29) is 0 Å². The summed E-state index contributed by atoms with van der Waals surface area (Å²) in [5, 5.41) is 21.2. The first-order chi connectivity index (χ1) is 13.2. The third-order valence-corrected chi connectivity index (χ3v) is 4.80. The maximum absolute atomic E-state index is 5.92. The van der Waals surface area contributed by atoms with Crippen molar-refractivity contribution in [3.63, 3.8) is 0 Å². The van der Waals surface area contributed by atoms with Crippen molar-refractivity contribution in [2.75, 3.05) is 7.11 Å². The second kappa shape index (κ2) is 7.77. The van der Waals surface area contributed by atoms with Gasteiger partial charge >= 0.3 is 0 Å². The molecule has 0 amide bonds. The molecule has 0 unspecified atom stereocenters. The monoisotopic (exact) mass is 400 g/mol. The maximum Gasteiger partial charge on any atom is 0.247 e. The van der Waals surface area contributed by atoms with E-state index in [0.29, 0.717) is 27.7 Å². The number of thioether (sulfide) groups is 1. The van der Waals surface area contributed by atoms with E-state index < -0.39 is 0 Å². The fourth-order valence-corrected chi connectivity index (χ4v) is 3.16. The van der Waals surface area contributed by atoms with Crippen LogP contribution in [0.5, 0.6) is 5.75 Å². The SMILES string of the molecule is COc1ccc(-c2nnc(CSc3nnnn3-c3ccc(Cl)cc3)o2)cc1. The molecule has 0 spiro atoms. The standard InChI is InChI=1S/C17H13ClN6O2S/c1-25-14-8-2-11(3-9-14)16-20-19-15(26-16)10-27-17-21-22-23-24(17)13-6-4-12(18)5-7-13/h2-9H,10H2,1H3. The number of halogens is 1. The Bertz CT molecular complexity index is 1030. The van der Waals surface area contributed by atoms with Crippen LogP contribution < -0.4 is 4.74 Å². The van der Waals surface area contributed by atoms with Crippen molar-refractivity contribution >= 4 is 23.4 Å². The summed E-state index contributed by atoms with van der Waals surface area (Å²) < 4.78 is 12.5. The van der Waals surface area contributed by atoms with Crippen LogP contribution in [0.3, 0.4) is 0 Å². The fraction of sp³-hybridized carbons (Fsp3) is 0.118. The molecule has 0 atom stereocenters. The van der Waals surface area contributed by atoms with E-state index in [1.807, 2.05) is 36.4 Å². The van der Waals surface area contributed by atoms with E-state index >= 15 is 0 Å². The highest BCUT2D eigenvalue weighted by Crippen LogP contribution is 2.25. The van der Waals surface area contributed by atoms with Gasteiger partial charge in [0.25, 0.3) is 0 Å². The number of hydrogen-bond donors (Lipinski definition) is 0. The first-order valence-electron chi connectivity index (χ1n) is 7.87. The molecule has 0 saturated carbocycles. The normalized spacial score (nSPS) is 10.9. The molecule has 0 aliphatic heterocycles. The van der Waals surface area contributed by atoms with E-state index in [2.05, 4.69) is 25.7 Å². The highest BCUT2D eigenvalue weighted by atomic mass is 35.5. The van der Waals surface area contributed by atoms with Crippen molar-refractivity contribution in [1.29, 1.82) is 0 Å². The van der Waals surface area contributed by atoms with E-state index in [1.54, 1.807) is 23.9 Å². The molecule has 4 rings (SSSR count). The lowest BCUT2D eigenvalue weighted by molar-refractivity contribution is 0.415. The van der Waals surface area contributed by atoms with Crippen LogP contribution in [0.1, 0.15) is 5.89 Å². The highest BCUT2D eigenvalue weighted by molar-refractivity contribution is 7.98. The van der Waals surface area contributed by atoms with Crippen molar-refractivity contribution in [3.05, 3.63) is 59.4 Å². The van der Waals surface area contributed by atoms with Crippen LogP contribution in [0.25, 0.3) is 17.1 Å². The third kappa shape index (κ3) is 3.93. The van der Waals surface area contributed by atoms with Gasteiger partial charge in [-0.1, -0.05) is 23.4 Å². The Balaban J connectivity index is 1.46. The average Bonchev–Trinajstić information content (AvgIpc) is 3.36. The Labute approximate surface area is 163 Å². The number of rotatable bonds is 6. The molecule has 0 bridgehead atoms. The molecule has 2 heterocycles. The third-order valence-electron chi connectivity index (χ3n) is 3.64. The van der Waals surface area contributed by atoms with Gasteiger partial charge < -0.3 is 9.15 Å². The van der Waals surface area contributed by atoms with Gasteiger partial charge in [-0.15, -0.1) is 15.3 Å². The zero-order chi connectivity index (χ0) is 18.6. The summed E-state index contributed by atoms with van der Waals surface area (Å²) in [4.78, 5) is 0. The minimum absolute atomic E-state index is 0.442. The molecule has 2 aromatic heterocycles. The predicted molar refractivity (Wildman–Crippen MR) is 100 cm³/mol. The molecule has 10 heteroatoms. The van der Waals surface area contributed by atoms with Crippen LogP contribution in [-0.4, -0.2) is 37.5 Å². The molecule has 27 heavy (non-hydrogen) atoms. The van der Waals surface area contributed by atoms with Crippen molar-refractivity contribution in [1.82, 2.24) is 30.4 Å². The molecule has 0 fully saturated rings. The molecule has 0 N–H and O–H groups in total. The summed E-state index contributed by atoms with van der Waals surface area (Å²) in [6, 6.07) is 14.7. The Morgan fingerprint density at radius 3 is 2.56 bits per heavy atom. The zero-order valence-electron chi connectivity index (χ0n) is 14.1. The average molecular weight is 401 g/mol. The Kier molecular flexibility index (Phi) is 5.03. The minimum Gasteiger partial charge on any atom is -0.497 e. The molecule has 0 aliphatic rings. The topological polar surface area (TPSA) is 91.8 Å². The number of methoxy groups -OCH3 is 1. The number of tetrazole rings is 1. The number of aromatic nitrogens is 6. The van der Waals surface area contributed by atoms with E-state index in [0.717, 1.165) is 17.0 Å². The van der Waals surface area contributed by atoms with Gasteiger partial charge in [0.15, 0.2) is 0 Å². The Hall–Kier alpha value is -2.91. The van der Waals surface area contributed by atoms with Crippen molar-refractivity contribution in [2.45, 2.75) is 10.9 Å². The maximum atomic E-state index is 5.92. The van der Waals surface area contributed by atoms with Crippen LogP contribution in [0.4, 0.5) is 0 Å². The Morgan fingerprint density at radius 2 is 1.81 bits per heavy atom. The number of benzene rings is 2. The summed E-state index contributed by atoms with van der Waals surface area (Å²) in [5.41, 5.74) is 1.64. The quantitative estimate of drug-likeness (QED) is 0.453. The molecule has 0 radical (unpaired) electrons. The Morgan fingerprint density at radius 1 is 1.04 bits per heavy atom. The van der Waals surface area contributed by atoms with Gasteiger partial charge in [0.2, 0.25) is 16.9 Å². The van der Waals surface area contributed by atoms with Crippen LogP contribution in [0.15, 0.2) is 58.1 Å². The number of hydrogen-bond acceptors (Lipinski definition) is 8. The molecule has 0 aliphatic carbocycles. The van der Waals surface area contributed by atoms with Crippen LogP contribution in [0.2, 0.25) is 5.02 Å². The smallest absolute Gasteiger partial charge is 0.247 e. The highest BCUT2D eigenvalue weighted by Gasteiger charge is 2.13.